The van der Waals surface area contributed by atoms with Gasteiger partial charge in [0.25, 0.3) is 0 Å². The van der Waals surface area contributed by atoms with Crippen molar-refractivity contribution < 1.29 is 14.3 Å². The van der Waals surface area contributed by atoms with Gasteiger partial charge in [-0.2, -0.15) is 5.26 Å². The molecule has 2 aromatic heterocycles. The van der Waals surface area contributed by atoms with Crippen LogP contribution in [0.3, 0.4) is 0 Å². The van der Waals surface area contributed by atoms with Gasteiger partial charge in [-0.25, -0.2) is 4.79 Å². The van der Waals surface area contributed by atoms with Gasteiger partial charge in [0.2, 0.25) is 5.88 Å². The van der Waals surface area contributed by atoms with E-state index in [1.807, 2.05) is 23.6 Å². The lowest BCUT2D eigenvalue weighted by atomic mass is 9.87. The third-order valence-electron chi connectivity index (χ3n) is 3.76. The number of carbonyl (C=O) groups excluding carboxylic acids is 1. The van der Waals surface area contributed by atoms with Gasteiger partial charge in [-0.1, -0.05) is 0 Å². The average molecular weight is 419 g/mol. The lowest BCUT2D eigenvalue weighted by Gasteiger charge is -2.27. The van der Waals surface area contributed by atoms with Crippen molar-refractivity contribution in [3.8, 4) is 6.07 Å². The normalized spacial score (nSPS) is 17.3. The van der Waals surface area contributed by atoms with Crippen molar-refractivity contribution in [2.75, 3.05) is 6.61 Å². The molecule has 0 radical (unpaired) electrons. The van der Waals surface area contributed by atoms with Crippen LogP contribution in [0.15, 0.2) is 57.4 Å². The summed E-state index contributed by atoms with van der Waals surface area (Å²) < 4.78 is 13.7. The molecule has 3 heterocycles. The Bertz CT molecular complexity index is 903. The summed E-state index contributed by atoms with van der Waals surface area (Å²) in [5, 5.41) is 11.8. The standard InChI is InChI=1S/C18H15BrN2O3S/c1-3-23-18(22)15-11(2)24-17(21-6-4-5-7-21)13(9-20)16(15)14-8-12(19)10-25-14/h4-8,10,16H,3H2,1-2H3. The summed E-state index contributed by atoms with van der Waals surface area (Å²) in [7, 11) is 0. The number of carbonyl (C=O) groups is 1. The van der Waals surface area contributed by atoms with E-state index in [1.165, 1.54) is 11.3 Å². The highest BCUT2D eigenvalue weighted by atomic mass is 79.9. The fourth-order valence-electron chi connectivity index (χ4n) is 2.73. The van der Waals surface area contributed by atoms with Crippen molar-refractivity contribution in [3.05, 3.63) is 62.2 Å². The minimum absolute atomic E-state index is 0.256. The maximum absolute atomic E-state index is 12.5. The number of hydrogen-bond acceptors (Lipinski definition) is 5. The van der Waals surface area contributed by atoms with Gasteiger partial charge < -0.3 is 9.47 Å². The monoisotopic (exact) mass is 418 g/mol. The summed E-state index contributed by atoms with van der Waals surface area (Å²) >= 11 is 4.92. The van der Waals surface area contributed by atoms with Gasteiger partial charge in [0, 0.05) is 27.1 Å². The Morgan fingerprint density at radius 1 is 1.48 bits per heavy atom. The topological polar surface area (TPSA) is 64.2 Å². The number of esters is 1. The first-order chi connectivity index (χ1) is 12.1. The van der Waals surface area contributed by atoms with Crippen LogP contribution in [0.4, 0.5) is 0 Å². The highest BCUT2D eigenvalue weighted by molar-refractivity contribution is 9.10. The number of nitriles is 1. The highest BCUT2D eigenvalue weighted by Crippen LogP contribution is 2.44. The van der Waals surface area contributed by atoms with E-state index >= 15 is 0 Å². The predicted octanol–water partition coefficient (Wildman–Crippen LogP) is 4.66. The minimum atomic E-state index is -0.522. The van der Waals surface area contributed by atoms with Gasteiger partial charge in [-0.15, -0.1) is 11.3 Å². The van der Waals surface area contributed by atoms with Crippen LogP contribution in [0.1, 0.15) is 24.6 Å². The zero-order valence-corrected chi connectivity index (χ0v) is 16.1. The Balaban J connectivity index is 2.20. The Morgan fingerprint density at radius 3 is 2.76 bits per heavy atom. The van der Waals surface area contributed by atoms with Crippen LogP contribution in [0, 0.1) is 11.3 Å². The summed E-state index contributed by atoms with van der Waals surface area (Å²) in [6.07, 6.45) is 3.60. The number of aromatic nitrogens is 1. The van der Waals surface area contributed by atoms with E-state index in [0.29, 0.717) is 22.8 Å². The molecule has 1 atom stereocenters. The number of hydrogen-bond donors (Lipinski definition) is 0. The molecule has 1 aliphatic heterocycles. The van der Waals surface area contributed by atoms with E-state index in [4.69, 9.17) is 9.47 Å². The van der Waals surface area contributed by atoms with Crippen LogP contribution in [-0.2, 0) is 14.3 Å². The highest BCUT2D eigenvalue weighted by Gasteiger charge is 2.38. The van der Waals surface area contributed by atoms with Gasteiger partial charge in [0.15, 0.2) is 0 Å². The zero-order valence-electron chi connectivity index (χ0n) is 13.7. The predicted molar refractivity (Wildman–Crippen MR) is 98.4 cm³/mol. The smallest absolute Gasteiger partial charge is 0.338 e. The molecule has 0 saturated heterocycles. The molecule has 0 fully saturated rings. The van der Waals surface area contributed by atoms with Gasteiger partial charge in [-0.05, 0) is 48.0 Å². The van der Waals surface area contributed by atoms with Crippen molar-refractivity contribution in [2.24, 2.45) is 0 Å². The Kier molecular flexibility index (Phi) is 5.11. The van der Waals surface area contributed by atoms with Gasteiger partial charge in [0.1, 0.15) is 17.4 Å². The first-order valence-corrected chi connectivity index (χ1v) is 9.31. The number of allylic oxidation sites excluding steroid dienone is 2. The van der Waals surface area contributed by atoms with Crippen LogP contribution in [0.5, 0.6) is 0 Å². The summed E-state index contributed by atoms with van der Waals surface area (Å²) in [5.41, 5.74) is 0.739. The van der Waals surface area contributed by atoms with E-state index in [9.17, 15) is 10.1 Å². The quantitative estimate of drug-likeness (QED) is 0.677. The molecule has 128 valence electrons. The summed E-state index contributed by atoms with van der Waals surface area (Å²) in [6.45, 7) is 3.73. The van der Waals surface area contributed by atoms with Crippen molar-refractivity contribution in [1.29, 1.82) is 5.26 Å². The molecule has 0 aliphatic carbocycles. The largest absolute Gasteiger partial charge is 0.463 e. The van der Waals surface area contributed by atoms with Crippen LogP contribution in [0.25, 0.3) is 5.88 Å². The third kappa shape index (κ3) is 3.28. The molecule has 0 spiro atoms. The molecule has 3 rings (SSSR count). The second-order valence-electron chi connectivity index (χ2n) is 5.31. The van der Waals surface area contributed by atoms with E-state index < -0.39 is 11.9 Å². The van der Waals surface area contributed by atoms with E-state index in [-0.39, 0.29) is 6.61 Å². The maximum atomic E-state index is 12.5. The maximum Gasteiger partial charge on any atom is 0.338 e. The van der Waals surface area contributed by atoms with Crippen molar-refractivity contribution in [2.45, 2.75) is 19.8 Å². The molecule has 5 nitrogen and oxygen atoms in total. The summed E-state index contributed by atoms with van der Waals surface area (Å²) in [6, 6.07) is 7.84. The Hall–Kier alpha value is -2.30. The second kappa shape index (κ2) is 7.30. The molecule has 0 bridgehead atoms. The zero-order chi connectivity index (χ0) is 18.0. The molecule has 2 aromatic rings. The van der Waals surface area contributed by atoms with Crippen LogP contribution >= 0.6 is 27.3 Å². The molecule has 0 aromatic carbocycles. The number of halogens is 1. The van der Waals surface area contributed by atoms with Crippen LogP contribution in [-0.4, -0.2) is 17.1 Å². The van der Waals surface area contributed by atoms with E-state index in [2.05, 4.69) is 22.0 Å². The molecule has 7 heteroatoms. The second-order valence-corrected chi connectivity index (χ2v) is 7.17. The molecule has 0 N–H and O–H groups in total. The number of ether oxygens (including phenoxy) is 2. The first kappa shape index (κ1) is 17.5. The van der Waals surface area contributed by atoms with Gasteiger partial charge in [-0.3, -0.25) is 4.57 Å². The first-order valence-electron chi connectivity index (χ1n) is 7.64. The molecule has 0 amide bonds. The van der Waals surface area contributed by atoms with Crippen LogP contribution < -0.4 is 0 Å². The van der Waals surface area contributed by atoms with Crippen LogP contribution in [0.2, 0.25) is 0 Å². The Labute approximate surface area is 157 Å². The number of nitrogens with zero attached hydrogens (tertiary/aromatic N) is 2. The molecule has 1 unspecified atom stereocenters. The number of thiophene rings is 1. The molecule has 0 saturated carbocycles. The lowest BCUT2D eigenvalue weighted by molar-refractivity contribution is -0.139. The fraction of sp³-hybridized carbons (Fsp3) is 0.222. The lowest BCUT2D eigenvalue weighted by Crippen LogP contribution is -2.23. The SMILES string of the molecule is CCOC(=O)C1=C(C)OC(n2cccc2)=C(C#N)C1c1cc(Br)cs1. The number of rotatable bonds is 4. The van der Waals surface area contributed by atoms with Gasteiger partial charge in [0.05, 0.1) is 18.1 Å². The van der Waals surface area contributed by atoms with Gasteiger partial charge >= 0.3 is 5.97 Å². The molecular weight excluding hydrogens is 404 g/mol. The van der Waals surface area contributed by atoms with E-state index in [0.717, 1.165) is 9.35 Å². The van der Waals surface area contributed by atoms with E-state index in [1.54, 1.807) is 30.8 Å². The van der Waals surface area contributed by atoms with Crippen molar-refractivity contribution in [3.63, 3.8) is 0 Å². The molecular formula is C18H15BrN2O3S. The van der Waals surface area contributed by atoms with Crippen molar-refractivity contribution >= 4 is 39.1 Å². The fourth-order valence-corrected chi connectivity index (χ4v) is 4.30. The average Bonchev–Trinajstić information content (AvgIpc) is 3.25. The summed E-state index contributed by atoms with van der Waals surface area (Å²) in [5.74, 6) is -0.136. The van der Waals surface area contributed by atoms with Crippen molar-refractivity contribution in [1.82, 2.24) is 4.57 Å². The summed E-state index contributed by atoms with van der Waals surface area (Å²) in [4.78, 5) is 13.4. The Morgan fingerprint density at radius 2 is 2.20 bits per heavy atom. The molecule has 1 aliphatic rings. The molecule has 25 heavy (non-hydrogen) atoms. The third-order valence-corrected chi connectivity index (χ3v) is 5.52. The minimum Gasteiger partial charge on any atom is -0.463 e.